The SMILES string of the molecule is CCCNC(Cc1cc(C)ccc1C)Cc1nccn1C. The van der Waals surface area contributed by atoms with E-state index in [1.807, 2.05) is 12.4 Å². The molecule has 1 heterocycles. The van der Waals surface area contributed by atoms with E-state index in [1.165, 1.54) is 16.7 Å². The van der Waals surface area contributed by atoms with Crippen LogP contribution in [0.2, 0.25) is 0 Å². The van der Waals surface area contributed by atoms with E-state index in [-0.39, 0.29) is 0 Å². The van der Waals surface area contributed by atoms with Gasteiger partial charge in [-0.2, -0.15) is 0 Å². The quantitative estimate of drug-likeness (QED) is 0.846. The van der Waals surface area contributed by atoms with Crippen molar-refractivity contribution in [2.75, 3.05) is 6.54 Å². The second kappa shape index (κ2) is 7.41. The lowest BCUT2D eigenvalue weighted by molar-refractivity contribution is 0.489. The smallest absolute Gasteiger partial charge is 0.109 e. The number of imidazole rings is 1. The highest BCUT2D eigenvalue weighted by Gasteiger charge is 2.14. The Balaban J connectivity index is 2.12. The number of rotatable bonds is 7. The topological polar surface area (TPSA) is 29.9 Å². The molecule has 0 aliphatic carbocycles. The first-order valence-electron chi connectivity index (χ1n) is 7.86. The molecule has 0 saturated carbocycles. The predicted molar refractivity (Wildman–Crippen MR) is 88.6 cm³/mol. The van der Waals surface area contributed by atoms with Crippen molar-refractivity contribution in [3.8, 4) is 0 Å². The van der Waals surface area contributed by atoms with Crippen molar-refractivity contribution in [1.82, 2.24) is 14.9 Å². The van der Waals surface area contributed by atoms with Crippen molar-refractivity contribution >= 4 is 0 Å². The molecular weight excluding hydrogens is 258 g/mol. The maximum Gasteiger partial charge on any atom is 0.109 e. The van der Waals surface area contributed by atoms with Crippen molar-refractivity contribution in [1.29, 1.82) is 0 Å². The van der Waals surface area contributed by atoms with E-state index in [2.05, 4.69) is 60.9 Å². The number of nitrogens with zero attached hydrogens (tertiary/aromatic N) is 2. The van der Waals surface area contributed by atoms with Crippen LogP contribution in [0.5, 0.6) is 0 Å². The molecule has 0 saturated heterocycles. The monoisotopic (exact) mass is 285 g/mol. The molecule has 0 aliphatic heterocycles. The first-order chi connectivity index (χ1) is 10.1. The molecule has 1 N–H and O–H groups in total. The van der Waals surface area contributed by atoms with Gasteiger partial charge in [-0.15, -0.1) is 0 Å². The molecule has 0 aliphatic rings. The molecule has 0 bridgehead atoms. The Hall–Kier alpha value is -1.61. The molecule has 1 aromatic heterocycles. The maximum absolute atomic E-state index is 4.47. The van der Waals surface area contributed by atoms with Gasteiger partial charge in [0.05, 0.1) is 0 Å². The zero-order valence-corrected chi connectivity index (χ0v) is 13.7. The number of hydrogen-bond donors (Lipinski definition) is 1. The van der Waals surface area contributed by atoms with E-state index in [0.717, 1.165) is 31.6 Å². The predicted octanol–water partition coefficient (Wildman–Crippen LogP) is 3.19. The first-order valence-corrected chi connectivity index (χ1v) is 7.86. The molecule has 1 unspecified atom stereocenters. The Labute approximate surface area is 128 Å². The number of aromatic nitrogens is 2. The minimum atomic E-state index is 0.437. The van der Waals surface area contributed by atoms with Crippen LogP contribution in [0, 0.1) is 13.8 Å². The van der Waals surface area contributed by atoms with Crippen molar-refractivity contribution in [3.63, 3.8) is 0 Å². The minimum Gasteiger partial charge on any atom is -0.338 e. The Morgan fingerprint density at radius 1 is 1.24 bits per heavy atom. The average Bonchev–Trinajstić information content (AvgIpc) is 2.85. The molecule has 0 fully saturated rings. The van der Waals surface area contributed by atoms with Crippen LogP contribution >= 0.6 is 0 Å². The van der Waals surface area contributed by atoms with Gasteiger partial charge in [0.2, 0.25) is 0 Å². The van der Waals surface area contributed by atoms with Crippen molar-refractivity contribution in [2.24, 2.45) is 7.05 Å². The van der Waals surface area contributed by atoms with Crippen molar-refractivity contribution in [2.45, 2.75) is 46.1 Å². The van der Waals surface area contributed by atoms with Crippen LogP contribution in [0.1, 0.15) is 35.9 Å². The van der Waals surface area contributed by atoms with E-state index in [1.54, 1.807) is 0 Å². The molecule has 0 spiro atoms. The Bertz CT molecular complexity index is 572. The molecule has 3 nitrogen and oxygen atoms in total. The van der Waals surface area contributed by atoms with Crippen LogP contribution in [-0.2, 0) is 19.9 Å². The highest BCUT2D eigenvalue weighted by molar-refractivity contribution is 5.31. The zero-order valence-electron chi connectivity index (χ0n) is 13.7. The summed E-state index contributed by atoms with van der Waals surface area (Å²) in [4.78, 5) is 4.47. The lowest BCUT2D eigenvalue weighted by Gasteiger charge is -2.20. The number of hydrogen-bond acceptors (Lipinski definition) is 2. The van der Waals surface area contributed by atoms with E-state index in [9.17, 15) is 0 Å². The number of nitrogens with one attached hydrogen (secondary N) is 1. The minimum absolute atomic E-state index is 0.437. The fourth-order valence-electron chi connectivity index (χ4n) is 2.66. The van der Waals surface area contributed by atoms with Crippen molar-refractivity contribution in [3.05, 3.63) is 53.1 Å². The van der Waals surface area contributed by atoms with Crippen LogP contribution in [0.3, 0.4) is 0 Å². The molecule has 21 heavy (non-hydrogen) atoms. The van der Waals surface area contributed by atoms with Gasteiger partial charge in [0, 0.05) is 31.9 Å². The van der Waals surface area contributed by atoms with E-state index < -0.39 is 0 Å². The molecule has 0 radical (unpaired) electrons. The Morgan fingerprint density at radius 3 is 2.71 bits per heavy atom. The zero-order chi connectivity index (χ0) is 15.2. The summed E-state index contributed by atoms with van der Waals surface area (Å²) < 4.78 is 2.11. The summed E-state index contributed by atoms with van der Waals surface area (Å²) in [5, 5.41) is 3.68. The summed E-state index contributed by atoms with van der Waals surface area (Å²) in [5.74, 6) is 1.15. The molecule has 114 valence electrons. The van der Waals surface area contributed by atoms with Crippen LogP contribution < -0.4 is 5.32 Å². The van der Waals surface area contributed by atoms with Crippen LogP contribution in [-0.4, -0.2) is 22.1 Å². The van der Waals surface area contributed by atoms with Crippen LogP contribution in [0.25, 0.3) is 0 Å². The van der Waals surface area contributed by atoms with Gasteiger partial charge in [0.25, 0.3) is 0 Å². The Morgan fingerprint density at radius 2 is 2.05 bits per heavy atom. The summed E-state index contributed by atoms with van der Waals surface area (Å²) in [6.45, 7) is 7.63. The molecule has 2 rings (SSSR count). The summed E-state index contributed by atoms with van der Waals surface area (Å²) >= 11 is 0. The van der Waals surface area contributed by atoms with E-state index >= 15 is 0 Å². The fraction of sp³-hybridized carbons (Fsp3) is 0.500. The second-order valence-corrected chi connectivity index (χ2v) is 5.94. The summed E-state index contributed by atoms with van der Waals surface area (Å²) in [6, 6.07) is 7.16. The lowest BCUT2D eigenvalue weighted by Crippen LogP contribution is -2.34. The molecule has 2 aromatic rings. The third-order valence-corrected chi connectivity index (χ3v) is 4.00. The van der Waals surface area contributed by atoms with Crippen LogP contribution in [0.4, 0.5) is 0 Å². The van der Waals surface area contributed by atoms with Gasteiger partial charge >= 0.3 is 0 Å². The number of benzene rings is 1. The van der Waals surface area contributed by atoms with Gasteiger partial charge < -0.3 is 9.88 Å². The molecule has 1 atom stereocenters. The molecule has 3 heteroatoms. The summed E-state index contributed by atoms with van der Waals surface area (Å²) in [5.41, 5.74) is 4.16. The van der Waals surface area contributed by atoms with Crippen LogP contribution in [0.15, 0.2) is 30.6 Å². The van der Waals surface area contributed by atoms with Gasteiger partial charge in [0.1, 0.15) is 5.82 Å². The summed E-state index contributed by atoms with van der Waals surface area (Å²) in [7, 11) is 2.07. The highest BCUT2D eigenvalue weighted by atomic mass is 15.0. The number of aryl methyl sites for hydroxylation is 3. The van der Waals surface area contributed by atoms with E-state index in [0.29, 0.717) is 6.04 Å². The molecule has 1 aromatic carbocycles. The highest BCUT2D eigenvalue weighted by Crippen LogP contribution is 2.14. The maximum atomic E-state index is 4.47. The molecular formula is C18H27N3. The standard InChI is InChI=1S/C18H27N3/c1-5-8-19-17(13-18-20-9-10-21(18)4)12-16-11-14(2)6-7-15(16)3/h6-7,9-11,17,19H,5,8,12-13H2,1-4H3. The second-order valence-electron chi connectivity index (χ2n) is 5.94. The van der Waals surface area contributed by atoms with Gasteiger partial charge in [-0.1, -0.05) is 30.7 Å². The average molecular weight is 285 g/mol. The third kappa shape index (κ3) is 4.43. The normalized spacial score (nSPS) is 12.6. The third-order valence-electron chi connectivity index (χ3n) is 4.00. The summed E-state index contributed by atoms with van der Waals surface area (Å²) in [6.07, 6.45) is 7.08. The fourth-order valence-corrected chi connectivity index (χ4v) is 2.66. The van der Waals surface area contributed by atoms with Gasteiger partial charge in [-0.25, -0.2) is 4.98 Å². The first kappa shape index (κ1) is 15.8. The van der Waals surface area contributed by atoms with E-state index in [4.69, 9.17) is 0 Å². The lowest BCUT2D eigenvalue weighted by atomic mass is 9.97. The van der Waals surface area contributed by atoms with Gasteiger partial charge in [-0.3, -0.25) is 0 Å². The Kier molecular flexibility index (Phi) is 5.57. The van der Waals surface area contributed by atoms with Crippen molar-refractivity contribution < 1.29 is 0 Å². The largest absolute Gasteiger partial charge is 0.338 e. The van der Waals surface area contributed by atoms with Gasteiger partial charge in [0.15, 0.2) is 0 Å². The molecule has 0 amide bonds. The van der Waals surface area contributed by atoms with Gasteiger partial charge in [-0.05, 0) is 44.4 Å².